The summed E-state index contributed by atoms with van der Waals surface area (Å²) in [6.45, 7) is 0. The fourth-order valence-electron chi connectivity index (χ4n) is 1.65. The number of amides is 1. The molecule has 19 heteroatoms. The highest BCUT2D eigenvalue weighted by atomic mass is 19.4. The van der Waals surface area contributed by atoms with E-state index in [0.717, 1.165) is 6.07 Å². The van der Waals surface area contributed by atoms with E-state index < -0.39 is 53.6 Å². The van der Waals surface area contributed by atoms with Gasteiger partial charge in [0.05, 0.1) is 0 Å². The summed E-state index contributed by atoms with van der Waals surface area (Å²) in [6.07, 6.45) is -6.39. The van der Waals surface area contributed by atoms with Crippen molar-refractivity contribution in [2.45, 2.75) is 41.7 Å². The van der Waals surface area contributed by atoms with Gasteiger partial charge in [0, 0.05) is 12.4 Å². The molecular formula is C12H4F15N3O. The maximum absolute atomic E-state index is 13.5. The largest absolute Gasteiger partial charge is 0.460 e. The van der Waals surface area contributed by atoms with Crippen LogP contribution in [-0.2, 0) is 4.79 Å². The van der Waals surface area contributed by atoms with E-state index in [1.165, 1.54) is 0 Å². The van der Waals surface area contributed by atoms with Gasteiger partial charge in [0.2, 0.25) is 5.95 Å². The third-order valence-corrected chi connectivity index (χ3v) is 3.40. The van der Waals surface area contributed by atoms with E-state index >= 15 is 0 Å². The molecule has 1 N–H and O–H groups in total. The lowest BCUT2D eigenvalue weighted by Crippen LogP contribution is -2.73. The van der Waals surface area contributed by atoms with Gasteiger partial charge in [-0.1, -0.05) is 0 Å². The van der Waals surface area contributed by atoms with Gasteiger partial charge in [-0.2, -0.15) is 65.9 Å². The third-order valence-electron chi connectivity index (χ3n) is 3.40. The molecule has 1 amide bonds. The van der Waals surface area contributed by atoms with Crippen molar-refractivity contribution in [2.75, 3.05) is 5.32 Å². The number of carbonyl (C=O) groups is 1. The molecule has 0 atom stereocenters. The first-order valence-corrected chi connectivity index (χ1v) is 6.92. The summed E-state index contributed by atoms with van der Waals surface area (Å²) in [6, 6.07) is 0.944. The van der Waals surface area contributed by atoms with Crippen LogP contribution in [0.5, 0.6) is 0 Å². The Morgan fingerprint density at radius 2 is 0.968 bits per heavy atom. The van der Waals surface area contributed by atoms with Crippen LogP contribution in [-0.4, -0.2) is 57.6 Å². The Morgan fingerprint density at radius 3 is 1.35 bits per heavy atom. The number of carbonyl (C=O) groups excluding carboxylic acids is 1. The zero-order valence-electron chi connectivity index (χ0n) is 13.7. The molecule has 1 rings (SSSR count). The summed E-state index contributed by atoms with van der Waals surface area (Å²) in [5.74, 6) is -53.2. The van der Waals surface area contributed by atoms with E-state index in [-0.39, 0.29) is 0 Å². The molecule has 0 unspecified atom stereocenters. The smallest absolute Gasteiger partial charge is 0.289 e. The van der Waals surface area contributed by atoms with E-state index in [1.807, 2.05) is 0 Å². The highest BCUT2D eigenvalue weighted by molar-refractivity contribution is 5.95. The quantitative estimate of drug-likeness (QED) is 0.559. The number of nitrogens with one attached hydrogen (secondary N) is 1. The van der Waals surface area contributed by atoms with Gasteiger partial charge < -0.3 is 0 Å². The predicted molar refractivity (Wildman–Crippen MR) is 66.4 cm³/mol. The van der Waals surface area contributed by atoms with Gasteiger partial charge in [-0.3, -0.25) is 10.1 Å². The molecular weight excluding hydrogens is 487 g/mol. The number of halogens is 15. The van der Waals surface area contributed by atoms with Crippen molar-refractivity contribution in [2.24, 2.45) is 0 Å². The zero-order valence-corrected chi connectivity index (χ0v) is 13.7. The number of alkyl halides is 15. The van der Waals surface area contributed by atoms with Crippen LogP contribution in [0.4, 0.5) is 71.8 Å². The highest BCUT2D eigenvalue weighted by Gasteiger charge is 2.94. The molecule has 0 bridgehead atoms. The molecule has 0 spiro atoms. The summed E-state index contributed by atoms with van der Waals surface area (Å²) in [5, 5.41) is 0.620. The maximum atomic E-state index is 13.5. The van der Waals surface area contributed by atoms with Crippen LogP contribution >= 0.6 is 0 Å². The Labute approximate surface area is 159 Å². The number of nitrogens with zero attached hydrogens (tertiary/aromatic N) is 2. The monoisotopic (exact) mass is 491 g/mol. The molecule has 31 heavy (non-hydrogen) atoms. The van der Waals surface area contributed by atoms with Crippen LogP contribution < -0.4 is 5.32 Å². The summed E-state index contributed by atoms with van der Waals surface area (Å²) in [7, 11) is 0. The molecule has 1 heterocycles. The average molecular weight is 491 g/mol. The molecule has 1 aromatic heterocycles. The second-order valence-corrected chi connectivity index (χ2v) is 5.47. The summed E-state index contributed by atoms with van der Waals surface area (Å²) >= 11 is 0. The zero-order chi connectivity index (χ0) is 24.9. The third kappa shape index (κ3) is 3.70. The second kappa shape index (κ2) is 7.28. The minimum Gasteiger partial charge on any atom is -0.289 e. The van der Waals surface area contributed by atoms with Crippen molar-refractivity contribution in [1.29, 1.82) is 0 Å². The Bertz CT molecular complexity index is 805. The van der Waals surface area contributed by atoms with Crippen molar-refractivity contribution < 1.29 is 70.7 Å². The van der Waals surface area contributed by atoms with E-state index in [0.29, 0.717) is 17.7 Å². The van der Waals surface area contributed by atoms with E-state index in [9.17, 15) is 70.7 Å². The number of anilines is 1. The van der Waals surface area contributed by atoms with Gasteiger partial charge in [-0.25, -0.2) is 9.97 Å². The topological polar surface area (TPSA) is 54.9 Å². The van der Waals surface area contributed by atoms with Crippen LogP contribution in [0.2, 0.25) is 0 Å². The van der Waals surface area contributed by atoms with Gasteiger partial charge >= 0.3 is 47.6 Å². The molecule has 0 fully saturated rings. The highest BCUT2D eigenvalue weighted by Crippen LogP contribution is 2.62. The summed E-state index contributed by atoms with van der Waals surface area (Å²) < 4.78 is 195. The standard InChI is InChI=1S/C12H4F15N3O/c13-6(14,4(31)30-5-28-2-1-3-29-5)7(15,16)8(17,18)9(19,20)10(21,22)11(23,24)12(25,26)27/h1-3H,(H,28,29,30,31). The first-order valence-electron chi connectivity index (χ1n) is 6.92. The number of rotatable bonds is 7. The van der Waals surface area contributed by atoms with Gasteiger partial charge in [-0.05, 0) is 6.07 Å². The van der Waals surface area contributed by atoms with Crippen LogP contribution in [0.1, 0.15) is 0 Å². The van der Waals surface area contributed by atoms with Crippen molar-refractivity contribution >= 4 is 11.9 Å². The van der Waals surface area contributed by atoms with Crippen LogP contribution in [0.25, 0.3) is 0 Å². The van der Waals surface area contributed by atoms with E-state index in [4.69, 9.17) is 0 Å². The Morgan fingerprint density at radius 1 is 0.613 bits per heavy atom. The van der Waals surface area contributed by atoms with E-state index in [2.05, 4.69) is 9.97 Å². The van der Waals surface area contributed by atoms with Crippen LogP contribution in [0, 0.1) is 0 Å². The first kappa shape index (κ1) is 26.5. The van der Waals surface area contributed by atoms with Gasteiger partial charge in [0.15, 0.2) is 0 Å². The fraction of sp³-hybridized carbons (Fsp3) is 0.583. The van der Waals surface area contributed by atoms with Crippen molar-refractivity contribution in [3.05, 3.63) is 18.5 Å². The molecule has 0 aliphatic heterocycles. The fourth-order valence-corrected chi connectivity index (χ4v) is 1.65. The van der Waals surface area contributed by atoms with Gasteiger partial charge in [0.1, 0.15) is 0 Å². The minimum absolute atomic E-state index is 0.620. The molecule has 0 aliphatic carbocycles. The predicted octanol–water partition coefficient (Wildman–Crippen LogP) is 4.79. The summed E-state index contributed by atoms with van der Waals surface area (Å²) in [4.78, 5) is 17.0. The first-order chi connectivity index (χ1) is 13.5. The molecule has 178 valence electrons. The Balaban J connectivity index is 3.48. The molecule has 0 saturated heterocycles. The lowest BCUT2D eigenvalue weighted by Gasteiger charge is -2.41. The van der Waals surface area contributed by atoms with Crippen LogP contribution in [0.3, 0.4) is 0 Å². The molecule has 0 aromatic carbocycles. The summed E-state index contributed by atoms with van der Waals surface area (Å²) in [5.41, 5.74) is 0. The van der Waals surface area contributed by atoms with Crippen molar-refractivity contribution in [3.63, 3.8) is 0 Å². The number of aromatic nitrogens is 2. The Kier molecular flexibility index (Phi) is 6.23. The second-order valence-electron chi connectivity index (χ2n) is 5.47. The van der Waals surface area contributed by atoms with Gasteiger partial charge in [0.25, 0.3) is 0 Å². The Hall–Kier alpha value is -2.50. The average Bonchev–Trinajstić information content (AvgIpc) is 2.60. The van der Waals surface area contributed by atoms with Crippen LogP contribution in [0.15, 0.2) is 18.5 Å². The SMILES string of the molecule is O=C(Nc1ncccn1)C(F)(F)C(F)(F)C(F)(F)C(F)(F)C(F)(F)C(F)(F)C(F)(F)F. The normalized spacial score (nSPS) is 15.1. The van der Waals surface area contributed by atoms with Gasteiger partial charge in [-0.15, -0.1) is 0 Å². The number of hydrogen-bond donors (Lipinski definition) is 1. The van der Waals surface area contributed by atoms with Crippen molar-refractivity contribution in [3.8, 4) is 0 Å². The molecule has 0 radical (unpaired) electrons. The van der Waals surface area contributed by atoms with Crippen molar-refractivity contribution in [1.82, 2.24) is 9.97 Å². The molecule has 1 aromatic rings. The lowest BCUT2D eigenvalue weighted by atomic mass is 9.91. The van der Waals surface area contributed by atoms with E-state index in [1.54, 1.807) is 0 Å². The maximum Gasteiger partial charge on any atom is 0.460 e. The minimum atomic E-state index is -8.46. The molecule has 4 nitrogen and oxygen atoms in total. The lowest BCUT2D eigenvalue weighted by molar-refractivity contribution is -0.449. The molecule has 0 aliphatic rings. The molecule has 0 saturated carbocycles. The number of hydrogen-bond acceptors (Lipinski definition) is 3.